The first-order chi connectivity index (χ1) is 16.1. The number of aryl methyl sites for hydroxylation is 2. The minimum atomic E-state index is -0.356. The fourth-order valence-electron chi connectivity index (χ4n) is 4.71. The lowest BCUT2D eigenvalue weighted by atomic mass is 10.1. The summed E-state index contributed by atoms with van der Waals surface area (Å²) < 4.78 is 7.19. The number of rotatable bonds is 5. The van der Waals surface area contributed by atoms with E-state index < -0.39 is 0 Å². The van der Waals surface area contributed by atoms with E-state index in [0.717, 1.165) is 59.8 Å². The van der Waals surface area contributed by atoms with Crippen molar-refractivity contribution in [3.05, 3.63) is 66.0 Å². The van der Waals surface area contributed by atoms with Crippen molar-refractivity contribution >= 4 is 28.1 Å². The van der Waals surface area contributed by atoms with Crippen molar-refractivity contribution in [1.82, 2.24) is 14.8 Å². The fraction of sp³-hybridized carbons (Fsp3) is 0.280. The summed E-state index contributed by atoms with van der Waals surface area (Å²) in [5.41, 5.74) is 10.7. The molecule has 3 heterocycles. The number of aromatic nitrogens is 3. The number of nitrogen functional groups attached to an aromatic ring is 1. The Balaban J connectivity index is 1.51. The topological polar surface area (TPSA) is 92.7 Å². The Kier molecular flexibility index (Phi) is 5.51. The van der Waals surface area contributed by atoms with Crippen LogP contribution in [0.1, 0.15) is 11.4 Å². The molecule has 0 unspecified atom stereocenters. The number of piperazine rings is 1. The van der Waals surface area contributed by atoms with E-state index in [2.05, 4.69) is 51.2 Å². The second-order valence-electron chi connectivity index (χ2n) is 8.24. The first-order valence-electron chi connectivity index (χ1n) is 11.1. The van der Waals surface area contributed by atoms with Crippen molar-refractivity contribution in [3.63, 3.8) is 0 Å². The van der Waals surface area contributed by atoms with Crippen LogP contribution in [0.4, 0.5) is 17.3 Å². The highest BCUT2D eigenvalue weighted by atomic mass is 16.6. The monoisotopic (exact) mass is 444 g/mol. The minimum Gasteiger partial charge on any atom is -0.468 e. The van der Waals surface area contributed by atoms with E-state index in [1.54, 1.807) is 0 Å². The van der Waals surface area contributed by atoms with Crippen molar-refractivity contribution in [2.45, 2.75) is 13.8 Å². The van der Waals surface area contributed by atoms with Crippen LogP contribution in [0.5, 0.6) is 5.75 Å². The number of benzene rings is 2. The quantitative estimate of drug-likeness (QED) is 0.456. The average Bonchev–Trinajstić information content (AvgIpc) is 3.12. The van der Waals surface area contributed by atoms with E-state index in [0.29, 0.717) is 11.6 Å². The van der Waals surface area contributed by atoms with Gasteiger partial charge in [-0.3, -0.25) is 4.57 Å². The van der Waals surface area contributed by atoms with Gasteiger partial charge in [0.1, 0.15) is 11.6 Å². The van der Waals surface area contributed by atoms with Gasteiger partial charge in [-0.05, 0) is 50.2 Å². The summed E-state index contributed by atoms with van der Waals surface area (Å²) in [5, 5.41) is 20.1. The van der Waals surface area contributed by atoms with Crippen LogP contribution in [0.2, 0.25) is 0 Å². The van der Waals surface area contributed by atoms with Gasteiger partial charge in [-0.1, -0.05) is 18.2 Å². The average molecular weight is 445 g/mol. The first kappa shape index (κ1) is 21.1. The highest BCUT2D eigenvalue weighted by Crippen LogP contribution is 2.38. The molecule has 4 aromatic rings. The van der Waals surface area contributed by atoms with E-state index in [9.17, 15) is 0 Å². The van der Waals surface area contributed by atoms with Crippen LogP contribution >= 0.6 is 0 Å². The Labute approximate surface area is 192 Å². The Morgan fingerprint density at radius 1 is 0.848 bits per heavy atom. The number of fused-ring (bicyclic) bond motifs is 1. The number of hydrogen-bond acceptors (Lipinski definition) is 7. The number of ether oxygens (including phenoxy) is 1. The summed E-state index contributed by atoms with van der Waals surface area (Å²) in [6.07, 6.45) is 0. The number of nitrogens with zero attached hydrogens (tertiary/aromatic N) is 5. The van der Waals surface area contributed by atoms with Crippen molar-refractivity contribution in [3.8, 4) is 11.4 Å². The van der Waals surface area contributed by atoms with E-state index in [1.807, 2.05) is 41.8 Å². The number of nitrogens with two attached hydrogens (primary N) is 1. The molecule has 2 aromatic carbocycles. The number of anilines is 3. The Bertz CT molecular complexity index is 1260. The third-order valence-electron chi connectivity index (χ3n) is 6.35. The van der Waals surface area contributed by atoms with Crippen molar-refractivity contribution in [1.29, 1.82) is 0 Å². The molecule has 1 fully saturated rings. The Morgan fingerprint density at radius 3 is 2.18 bits per heavy atom. The molecular formula is C25H28N6O2. The minimum absolute atomic E-state index is 0.356. The van der Waals surface area contributed by atoms with Gasteiger partial charge in [0.2, 0.25) is 0 Å². The lowest BCUT2D eigenvalue weighted by Crippen LogP contribution is -2.47. The fourth-order valence-corrected chi connectivity index (χ4v) is 4.71. The number of aliphatic hydroxyl groups is 1. The largest absolute Gasteiger partial charge is 0.468 e. The molecule has 0 radical (unpaired) electrons. The second-order valence-corrected chi connectivity index (χ2v) is 8.24. The molecular weight excluding hydrogens is 416 g/mol. The van der Waals surface area contributed by atoms with Gasteiger partial charge >= 0.3 is 0 Å². The lowest BCUT2D eigenvalue weighted by molar-refractivity contribution is 0.0985. The maximum Gasteiger partial charge on any atom is 0.186 e. The highest BCUT2D eigenvalue weighted by molar-refractivity contribution is 6.03. The summed E-state index contributed by atoms with van der Waals surface area (Å²) in [6.45, 7) is 7.22. The Hall–Kier alpha value is -3.78. The van der Waals surface area contributed by atoms with Crippen molar-refractivity contribution in [2.24, 2.45) is 0 Å². The lowest BCUT2D eigenvalue weighted by Gasteiger charge is -2.36. The van der Waals surface area contributed by atoms with Gasteiger partial charge in [0.25, 0.3) is 0 Å². The molecule has 8 heteroatoms. The standard InChI is InChI=1S/C25H28N6O2/c1-17-22-23(18(2)31(24(22)26)20-8-10-21(11-9-20)33-16-32)25(28-27-17)30-14-12-29(13-15-30)19-6-4-3-5-7-19/h3-11,32H,12-16,26H2,1-2H3. The predicted molar refractivity (Wildman–Crippen MR) is 131 cm³/mol. The molecule has 0 spiro atoms. The smallest absolute Gasteiger partial charge is 0.186 e. The van der Waals surface area contributed by atoms with Crippen LogP contribution in [0.25, 0.3) is 16.5 Å². The molecule has 1 saturated heterocycles. The number of aliphatic hydroxyl groups excluding tert-OH is 1. The molecule has 0 atom stereocenters. The van der Waals surface area contributed by atoms with E-state index in [-0.39, 0.29) is 6.79 Å². The van der Waals surface area contributed by atoms with Crippen LogP contribution in [-0.4, -0.2) is 52.8 Å². The number of hydrogen-bond donors (Lipinski definition) is 2. The van der Waals surface area contributed by atoms with Gasteiger partial charge in [0.05, 0.1) is 16.5 Å². The van der Waals surface area contributed by atoms with Crippen molar-refractivity contribution in [2.75, 3.05) is 48.5 Å². The van der Waals surface area contributed by atoms with Crippen LogP contribution in [0.3, 0.4) is 0 Å². The van der Waals surface area contributed by atoms with Gasteiger partial charge in [-0.15, -0.1) is 5.10 Å². The van der Waals surface area contributed by atoms with Gasteiger partial charge in [-0.2, -0.15) is 5.10 Å². The zero-order valence-corrected chi connectivity index (χ0v) is 18.9. The van der Waals surface area contributed by atoms with E-state index in [1.165, 1.54) is 5.69 Å². The van der Waals surface area contributed by atoms with Gasteiger partial charge < -0.3 is 25.4 Å². The van der Waals surface area contributed by atoms with Crippen molar-refractivity contribution < 1.29 is 9.84 Å². The molecule has 0 saturated carbocycles. The summed E-state index contributed by atoms with van der Waals surface area (Å²) in [7, 11) is 0. The highest BCUT2D eigenvalue weighted by Gasteiger charge is 2.25. The summed E-state index contributed by atoms with van der Waals surface area (Å²) in [4.78, 5) is 4.71. The molecule has 0 amide bonds. The van der Waals surface area contributed by atoms with Crippen LogP contribution in [0.15, 0.2) is 54.6 Å². The van der Waals surface area contributed by atoms with E-state index >= 15 is 0 Å². The second kappa shape index (κ2) is 8.63. The molecule has 5 rings (SSSR count). The van der Waals surface area contributed by atoms with E-state index in [4.69, 9.17) is 15.6 Å². The first-order valence-corrected chi connectivity index (χ1v) is 11.1. The zero-order valence-electron chi connectivity index (χ0n) is 18.9. The SMILES string of the molecule is Cc1nnc(N2CCN(c3ccccc3)CC2)c2c(C)n(-c3ccc(OCO)cc3)c(N)c12. The maximum absolute atomic E-state index is 8.99. The summed E-state index contributed by atoms with van der Waals surface area (Å²) >= 11 is 0. The summed E-state index contributed by atoms with van der Waals surface area (Å²) in [5.74, 6) is 2.13. The maximum atomic E-state index is 8.99. The zero-order chi connectivity index (χ0) is 22.9. The molecule has 8 nitrogen and oxygen atoms in total. The van der Waals surface area contributed by atoms with Crippen LogP contribution < -0.4 is 20.3 Å². The Morgan fingerprint density at radius 2 is 1.52 bits per heavy atom. The molecule has 3 N–H and O–H groups in total. The molecule has 33 heavy (non-hydrogen) atoms. The van der Waals surface area contributed by atoms with Crippen LogP contribution in [0, 0.1) is 13.8 Å². The third-order valence-corrected chi connectivity index (χ3v) is 6.35. The number of para-hydroxylation sites is 1. The van der Waals surface area contributed by atoms with Crippen LogP contribution in [-0.2, 0) is 0 Å². The van der Waals surface area contributed by atoms with Gasteiger partial charge in [0.15, 0.2) is 12.6 Å². The normalized spacial score (nSPS) is 14.2. The molecule has 0 aliphatic carbocycles. The molecule has 170 valence electrons. The molecule has 1 aliphatic heterocycles. The molecule has 0 bridgehead atoms. The predicted octanol–water partition coefficient (Wildman–Crippen LogP) is 3.27. The third kappa shape index (κ3) is 3.72. The van der Waals surface area contributed by atoms with Gasteiger partial charge in [0, 0.05) is 43.2 Å². The van der Waals surface area contributed by atoms with Gasteiger partial charge in [-0.25, -0.2) is 0 Å². The molecule has 1 aliphatic rings. The molecule has 2 aromatic heterocycles. The summed E-state index contributed by atoms with van der Waals surface area (Å²) in [6, 6.07) is 18.0.